The van der Waals surface area contributed by atoms with Gasteiger partial charge in [0.2, 0.25) is 0 Å². The number of aromatic nitrogens is 1. The van der Waals surface area contributed by atoms with E-state index in [1.807, 2.05) is 13.8 Å². The molecule has 40 heavy (non-hydrogen) atoms. The van der Waals surface area contributed by atoms with Gasteiger partial charge in [-0.15, -0.1) is 0 Å². The number of ether oxygens (including phenoxy) is 1. The summed E-state index contributed by atoms with van der Waals surface area (Å²) >= 11 is 0. The number of anilines is 2. The molecule has 11 heteroatoms. The van der Waals surface area contributed by atoms with Crippen LogP contribution in [0, 0.1) is 0 Å². The van der Waals surface area contributed by atoms with E-state index < -0.39 is 40.8 Å². The number of hydrogen-bond donors (Lipinski definition) is 0. The van der Waals surface area contributed by atoms with E-state index in [9.17, 15) is 27.6 Å². The molecule has 0 N–H and O–H groups in total. The molecule has 8 nitrogen and oxygen atoms in total. The summed E-state index contributed by atoms with van der Waals surface area (Å²) in [4.78, 5) is 47.9. The lowest BCUT2D eigenvalue weighted by Gasteiger charge is -2.30. The van der Waals surface area contributed by atoms with E-state index in [2.05, 4.69) is 4.98 Å². The highest BCUT2D eigenvalue weighted by Crippen LogP contribution is 2.59. The zero-order valence-electron chi connectivity index (χ0n) is 23.8. The highest BCUT2D eigenvalue weighted by Gasteiger charge is 2.64. The summed E-state index contributed by atoms with van der Waals surface area (Å²) in [5.41, 5.74) is -2.82. The average Bonchev–Trinajstić information content (AvgIpc) is 3.61. The summed E-state index contributed by atoms with van der Waals surface area (Å²) in [6.45, 7) is 12.2. The minimum Gasteiger partial charge on any atom is -0.443 e. The molecule has 0 atom stereocenters. The van der Waals surface area contributed by atoms with Crippen molar-refractivity contribution in [3.8, 4) is 0 Å². The van der Waals surface area contributed by atoms with Gasteiger partial charge in [0.15, 0.2) is 0 Å². The first-order valence-electron chi connectivity index (χ1n) is 13.2. The van der Waals surface area contributed by atoms with Crippen molar-refractivity contribution >= 4 is 29.5 Å². The molecule has 1 aliphatic heterocycles. The van der Waals surface area contributed by atoms with Gasteiger partial charge in [0, 0.05) is 18.8 Å². The first kappa shape index (κ1) is 29.4. The average molecular weight is 561 g/mol. The van der Waals surface area contributed by atoms with Gasteiger partial charge in [0.05, 0.1) is 11.1 Å². The molecule has 0 unspecified atom stereocenters. The van der Waals surface area contributed by atoms with Gasteiger partial charge in [0.25, 0.3) is 5.91 Å². The lowest BCUT2D eigenvalue weighted by Crippen LogP contribution is -2.44. The highest BCUT2D eigenvalue weighted by molar-refractivity contribution is 6.22. The Kier molecular flexibility index (Phi) is 7.18. The Hall–Kier alpha value is -3.63. The molecule has 2 fully saturated rings. The van der Waals surface area contributed by atoms with Gasteiger partial charge in [-0.1, -0.05) is 12.1 Å². The van der Waals surface area contributed by atoms with E-state index >= 15 is 0 Å². The van der Waals surface area contributed by atoms with Crippen molar-refractivity contribution in [3.05, 3.63) is 53.7 Å². The minimum absolute atomic E-state index is 0.0221. The van der Waals surface area contributed by atoms with Crippen LogP contribution in [0.15, 0.2) is 42.6 Å². The number of carbonyl (C=O) groups excluding carboxylic acids is 3. The van der Waals surface area contributed by atoms with Crippen LogP contribution in [0.25, 0.3) is 0 Å². The SMILES string of the molecule is CC(C)N(C(=O)OC(C)(C)C)c1cc(CN2C(=O)N(c3ccc(C4(C(F)(F)F)CC4)cc3)C(=O)C2(C)C)ccn1. The molecule has 1 aromatic heterocycles. The molecule has 2 heterocycles. The molecule has 216 valence electrons. The number of rotatable bonds is 6. The zero-order valence-corrected chi connectivity index (χ0v) is 23.8. The number of halogens is 3. The van der Waals surface area contributed by atoms with Crippen molar-refractivity contribution in [2.24, 2.45) is 0 Å². The molecular formula is C29H35F3N4O4. The number of alkyl halides is 3. The fraction of sp³-hybridized carbons (Fsp3) is 0.517. The van der Waals surface area contributed by atoms with Crippen LogP contribution >= 0.6 is 0 Å². The number of amides is 4. The summed E-state index contributed by atoms with van der Waals surface area (Å²) in [6.07, 6.45) is -3.36. The lowest BCUT2D eigenvalue weighted by molar-refractivity contribution is -0.160. The van der Waals surface area contributed by atoms with Crippen LogP contribution < -0.4 is 9.80 Å². The van der Waals surface area contributed by atoms with Crippen molar-refractivity contribution in [1.29, 1.82) is 0 Å². The molecule has 1 saturated carbocycles. The van der Waals surface area contributed by atoms with Crippen molar-refractivity contribution in [1.82, 2.24) is 9.88 Å². The van der Waals surface area contributed by atoms with Crippen LogP contribution in [0.5, 0.6) is 0 Å². The first-order chi connectivity index (χ1) is 18.4. The fourth-order valence-corrected chi connectivity index (χ4v) is 4.87. The van der Waals surface area contributed by atoms with Crippen LogP contribution in [0.4, 0.5) is 34.3 Å². The van der Waals surface area contributed by atoms with Gasteiger partial charge in [-0.25, -0.2) is 19.5 Å². The van der Waals surface area contributed by atoms with Gasteiger partial charge in [0.1, 0.15) is 17.0 Å². The fourth-order valence-electron chi connectivity index (χ4n) is 4.87. The molecule has 0 radical (unpaired) electrons. The van der Waals surface area contributed by atoms with Crippen LogP contribution in [0.2, 0.25) is 0 Å². The van der Waals surface area contributed by atoms with Gasteiger partial charge in [-0.3, -0.25) is 9.69 Å². The van der Waals surface area contributed by atoms with Gasteiger partial charge >= 0.3 is 18.3 Å². The summed E-state index contributed by atoms with van der Waals surface area (Å²) in [7, 11) is 0. The third kappa shape index (κ3) is 5.25. The summed E-state index contributed by atoms with van der Waals surface area (Å²) in [5.74, 6) is -0.155. The standard InChI is InChI=1S/C29H35F3N4O4/c1-18(2)35(25(39)40-26(3,4)5)22-16-19(12-15-33-22)17-34-24(38)36(23(37)27(34,6)7)21-10-8-20(9-11-21)28(13-14-28)29(30,31)32/h8-12,15-16,18H,13-14,17H2,1-7H3. The Morgan fingerprint density at radius 1 is 1.07 bits per heavy atom. The Bertz CT molecular complexity index is 1310. The maximum atomic E-state index is 13.5. The second kappa shape index (κ2) is 9.78. The molecule has 1 aromatic carbocycles. The number of urea groups is 1. The van der Waals surface area contributed by atoms with Gasteiger partial charge in [-0.2, -0.15) is 13.2 Å². The molecule has 0 bridgehead atoms. The molecule has 2 aliphatic rings. The molecule has 0 spiro atoms. The van der Waals surface area contributed by atoms with Crippen molar-refractivity contribution in [3.63, 3.8) is 0 Å². The molecular weight excluding hydrogens is 525 g/mol. The van der Waals surface area contributed by atoms with E-state index in [1.165, 1.54) is 40.3 Å². The van der Waals surface area contributed by atoms with E-state index in [4.69, 9.17) is 4.74 Å². The molecule has 4 rings (SSSR count). The first-order valence-corrected chi connectivity index (χ1v) is 13.2. The number of carbonyl (C=O) groups is 3. The number of pyridine rings is 1. The lowest BCUT2D eigenvalue weighted by atomic mass is 9.95. The van der Waals surface area contributed by atoms with E-state index in [0.717, 1.165) is 4.90 Å². The monoisotopic (exact) mass is 560 g/mol. The maximum absolute atomic E-state index is 13.5. The predicted molar refractivity (Wildman–Crippen MR) is 144 cm³/mol. The normalized spacial score (nSPS) is 18.4. The van der Waals surface area contributed by atoms with E-state index in [0.29, 0.717) is 11.4 Å². The van der Waals surface area contributed by atoms with E-state index in [1.54, 1.807) is 46.8 Å². The van der Waals surface area contributed by atoms with Crippen LogP contribution in [-0.4, -0.2) is 51.3 Å². The van der Waals surface area contributed by atoms with Gasteiger partial charge < -0.3 is 9.64 Å². The number of hydrogen-bond acceptors (Lipinski definition) is 5. The van der Waals surface area contributed by atoms with Crippen LogP contribution in [-0.2, 0) is 21.5 Å². The highest BCUT2D eigenvalue weighted by atomic mass is 19.4. The van der Waals surface area contributed by atoms with E-state index in [-0.39, 0.29) is 36.7 Å². The topological polar surface area (TPSA) is 83.0 Å². The minimum atomic E-state index is -4.36. The zero-order chi connectivity index (χ0) is 29.8. The molecule has 2 aromatic rings. The number of benzene rings is 1. The molecule has 4 amide bonds. The maximum Gasteiger partial charge on any atom is 0.416 e. The van der Waals surface area contributed by atoms with Crippen LogP contribution in [0.1, 0.15) is 72.4 Å². The Balaban J connectivity index is 1.58. The second-order valence-corrected chi connectivity index (χ2v) is 12.2. The molecule has 1 aliphatic carbocycles. The quantitative estimate of drug-likeness (QED) is 0.373. The smallest absolute Gasteiger partial charge is 0.416 e. The number of imide groups is 1. The van der Waals surface area contributed by atoms with Gasteiger partial charge in [-0.05, 0) is 96.7 Å². The summed E-state index contributed by atoms with van der Waals surface area (Å²) in [6, 6.07) is 7.97. The third-order valence-electron chi connectivity index (χ3n) is 7.30. The second-order valence-electron chi connectivity index (χ2n) is 12.2. The van der Waals surface area contributed by atoms with Crippen molar-refractivity contribution in [2.75, 3.05) is 9.80 Å². The Morgan fingerprint density at radius 3 is 2.17 bits per heavy atom. The Labute approximate surface area is 232 Å². The third-order valence-corrected chi connectivity index (χ3v) is 7.30. The number of nitrogens with zero attached hydrogens (tertiary/aromatic N) is 4. The largest absolute Gasteiger partial charge is 0.443 e. The molecule has 1 saturated heterocycles. The summed E-state index contributed by atoms with van der Waals surface area (Å²) in [5, 5.41) is 0. The van der Waals surface area contributed by atoms with Crippen molar-refractivity contribution < 1.29 is 32.3 Å². The van der Waals surface area contributed by atoms with Crippen molar-refractivity contribution in [2.45, 2.75) is 96.6 Å². The van der Waals surface area contributed by atoms with Crippen LogP contribution in [0.3, 0.4) is 0 Å². The Morgan fingerprint density at radius 2 is 1.68 bits per heavy atom. The predicted octanol–water partition coefficient (Wildman–Crippen LogP) is 6.57. The summed E-state index contributed by atoms with van der Waals surface area (Å²) < 4.78 is 46.2.